The third-order valence-electron chi connectivity index (χ3n) is 4.35. The molecular weight excluding hydrogens is 342 g/mol. The summed E-state index contributed by atoms with van der Waals surface area (Å²) in [6, 6.07) is 11.6. The van der Waals surface area contributed by atoms with Gasteiger partial charge in [-0.1, -0.05) is 6.07 Å². The molecule has 1 aromatic heterocycles. The van der Waals surface area contributed by atoms with Gasteiger partial charge >= 0.3 is 0 Å². The zero-order chi connectivity index (χ0) is 19.2. The molecule has 0 amide bonds. The third kappa shape index (κ3) is 5.34. The predicted octanol–water partition coefficient (Wildman–Crippen LogP) is 2.63. The zero-order valence-electron chi connectivity index (χ0n) is 16.1. The Balaban J connectivity index is 1.56. The van der Waals surface area contributed by atoms with Crippen LogP contribution >= 0.6 is 0 Å². The molecule has 1 saturated heterocycles. The number of nitrogens with zero attached hydrogens (tertiary/aromatic N) is 3. The topological polar surface area (TPSA) is 85.0 Å². The molecule has 2 atom stereocenters. The fourth-order valence-electron chi connectivity index (χ4n) is 3.10. The molecule has 27 heavy (non-hydrogen) atoms. The van der Waals surface area contributed by atoms with Crippen molar-refractivity contribution in [3.8, 4) is 5.75 Å². The predicted molar refractivity (Wildman–Crippen MR) is 108 cm³/mol. The van der Waals surface area contributed by atoms with Crippen LogP contribution in [0.15, 0.2) is 47.6 Å². The number of methoxy groups -OCH3 is 1. The van der Waals surface area contributed by atoms with E-state index in [1.54, 1.807) is 7.11 Å². The lowest BCUT2D eigenvalue weighted by molar-refractivity contribution is -0.00545. The molecule has 0 radical (unpaired) electrons. The van der Waals surface area contributed by atoms with Crippen molar-refractivity contribution >= 4 is 17.5 Å². The lowest BCUT2D eigenvalue weighted by Gasteiger charge is -2.36. The Kier molecular flexibility index (Phi) is 6.13. The van der Waals surface area contributed by atoms with Gasteiger partial charge in [-0.05, 0) is 49.7 Å². The summed E-state index contributed by atoms with van der Waals surface area (Å²) in [5.41, 5.74) is 7.84. The van der Waals surface area contributed by atoms with Crippen molar-refractivity contribution in [2.45, 2.75) is 32.6 Å². The van der Waals surface area contributed by atoms with E-state index in [4.69, 9.17) is 15.2 Å². The van der Waals surface area contributed by atoms with Crippen LogP contribution < -0.4 is 20.7 Å². The van der Waals surface area contributed by atoms with Crippen LogP contribution in [0.25, 0.3) is 0 Å². The highest BCUT2D eigenvalue weighted by molar-refractivity contribution is 5.92. The SMILES string of the molecule is COc1ccc(NC(N)=NCc2ccc(N3CC(C)OC(C)C3)nc2)cc1. The fourth-order valence-corrected chi connectivity index (χ4v) is 3.10. The summed E-state index contributed by atoms with van der Waals surface area (Å²) < 4.78 is 10.9. The maximum Gasteiger partial charge on any atom is 0.193 e. The van der Waals surface area contributed by atoms with Gasteiger partial charge in [-0.15, -0.1) is 0 Å². The molecule has 3 rings (SSSR count). The molecule has 144 valence electrons. The fraction of sp³-hybridized carbons (Fsp3) is 0.400. The van der Waals surface area contributed by atoms with Crippen LogP contribution in [0.2, 0.25) is 0 Å². The molecule has 1 aliphatic heterocycles. The number of anilines is 2. The van der Waals surface area contributed by atoms with Crippen molar-refractivity contribution in [1.82, 2.24) is 4.98 Å². The number of hydrogen-bond acceptors (Lipinski definition) is 5. The normalized spacial score (nSPS) is 20.4. The quantitative estimate of drug-likeness (QED) is 0.623. The standard InChI is InChI=1S/C20H27N5O2/c1-14-12-25(13-15(2)27-14)19-9-4-16(10-22-19)11-23-20(21)24-17-5-7-18(26-3)8-6-17/h4-10,14-15H,11-13H2,1-3H3,(H3,21,23,24). The van der Waals surface area contributed by atoms with Crippen LogP contribution in [0.3, 0.4) is 0 Å². The first-order chi connectivity index (χ1) is 13.0. The first-order valence-corrected chi connectivity index (χ1v) is 9.10. The smallest absolute Gasteiger partial charge is 0.193 e. The second-order valence-electron chi connectivity index (χ2n) is 6.74. The average molecular weight is 369 g/mol. The van der Waals surface area contributed by atoms with Crippen molar-refractivity contribution < 1.29 is 9.47 Å². The second-order valence-corrected chi connectivity index (χ2v) is 6.74. The number of nitrogens with one attached hydrogen (secondary N) is 1. The van der Waals surface area contributed by atoms with E-state index < -0.39 is 0 Å². The minimum absolute atomic E-state index is 0.212. The average Bonchev–Trinajstić information content (AvgIpc) is 2.66. The first-order valence-electron chi connectivity index (χ1n) is 9.10. The van der Waals surface area contributed by atoms with Gasteiger partial charge in [0.1, 0.15) is 11.6 Å². The lowest BCUT2D eigenvalue weighted by Crippen LogP contribution is -2.45. The maximum absolute atomic E-state index is 5.97. The summed E-state index contributed by atoms with van der Waals surface area (Å²) in [5.74, 6) is 2.13. The van der Waals surface area contributed by atoms with Crippen LogP contribution in [0.5, 0.6) is 5.75 Å². The number of ether oxygens (including phenoxy) is 2. The molecule has 1 fully saturated rings. The highest BCUT2D eigenvalue weighted by Gasteiger charge is 2.22. The van der Waals surface area contributed by atoms with Gasteiger partial charge in [-0.2, -0.15) is 0 Å². The van der Waals surface area contributed by atoms with Gasteiger partial charge in [0.05, 0.1) is 25.9 Å². The van der Waals surface area contributed by atoms with E-state index >= 15 is 0 Å². The highest BCUT2D eigenvalue weighted by Crippen LogP contribution is 2.19. The molecule has 0 bridgehead atoms. The van der Waals surface area contributed by atoms with Crippen LogP contribution in [-0.2, 0) is 11.3 Å². The summed E-state index contributed by atoms with van der Waals surface area (Å²) >= 11 is 0. The molecule has 7 nitrogen and oxygen atoms in total. The summed E-state index contributed by atoms with van der Waals surface area (Å²) in [5, 5.41) is 3.07. The number of rotatable bonds is 5. The molecule has 0 spiro atoms. The Morgan fingerprint density at radius 2 is 1.93 bits per heavy atom. The van der Waals surface area contributed by atoms with E-state index in [9.17, 15) is 0 Å². The summed E-state index contributed by atoms with van der Waals surface area (Å²) in [6.07, 6.45) is 2.27. The maximum atomic E-state index is 5.97. The van der Waals surface area contributed by atoms with Gasteiger partial charge in [0.2, 0.25) is 0 Å². The number of nitrogens with two attached hydrogens (primary N) is 1. The van der Waals surface area contributed by atoms with Crippen LogP contribution in [0, 0.1) is 0 Å². The summed E-state index contributed by atoms with van der Waals surface area (Å²) in [4.78, 5) is 11.2. The number of morpholine rings is 1. The molecule has 1 aromatic carbocycles. The van der Waals surface area contributed by atoms with Gasteiger partial charge in [-0.25, -0.2) is 9.98 Å². The minimum Gasteiger partial charge on any atom is -0.497 e. The Labute approximate surface area is 160 Å². The highest BCUT2D eigenvalue weighted by atomic mass is 16.5. The van der Waals surface area contributed by atoms with E-state index in [1.807, 2.05) is 42.6 Å². The minimum atomic E-state index is 0.212. The molecular formula is C20H27N5O2. The Hall–Kier alpha value is -2.80. The van der Waals surface area contributed by atoms with Gasteiger partial charge in [-0.3, -0.25) is 0 Å². The molecule has 0 aliphatic carbocycles. The molecule has 2 heterocycles. The zero-order valence-corrected chi connectivity index (χ0v) is 16.1. The second kappa shape index (κ2) is 8.73. The van der Waals surface area contributed by atoms with E-state index in [0.717, 1.165) is 35.9 Å². The summed E-state index contributed by atoms with van der Waals surface area (Å²) in [6.45, 7) is 6.36. The van der Waals surface area contributed by atoms with E-state index in [2.05, 4.69) is 34.0 Å². The lowest BCUT2D eigenvalue weighted by atomic mass is 10.2. The van der Waals surface area contributed by atoms with Gasteiger partial charge in [0, 0.05) is 25.0 Å². The number of aromatic nitrogens is 1. The third-order valence-corrected chi connectivity index (χ3v) is 4.35. The van der Waals surface area contributed by atoms with Crippen molar-refractivity contribution in [2.75, 3.05) is 30.4 Å². The largest absolute Gasteiger partial charge is 0.497 e. The van der Waals surface area contributed by atoms with Crippen LogP contribution in [0.4, 0.5) is 11.5 Å². The molecule has 2 aromatic rings. The number of benzene rings is 1. The Morgan fingerprint density at radius 1 is 1.22 bits per heavy atom. The van der Waals surface area contributed by atoms with Crippen molar-refractivity contribution in [3.05, 3.63) is 48.2 Å². The number of aliphatic imine (C=N–C) groups is 1. The molecule has 3 N–H and O–H groups in total. The van der Waals surface area contributed by atoms with Gasteiger partial charge in [0.25, 0.3) is 0 Å². The number of hydrogen-bond donors (Lipinski definition) is 2. The van der Waals surface area contributed by atoms with E-state index in [1.165, 1.54) is 0 Å². The van der Waals surface area contributed by atoms with E-state index in [-0.39, 0.29) is 12.2 Å². The molecule has 7 heteroatoms. The number of pyridine rings is 1. The van der Waals surface area contributed by atoms with Gasteiger partial charge in [0.15, 0.2) is 5.96 Å². The van der Waals surface area contributed by atoms with Crippen molar-refractivity contribution in [1.29, 1.82) is 0 Å². The monoisotopic (exact) mass is 369 g/mol. The first kappa shape index (κ1) is 19.0. The molecule has 2 unspecified atom stereocenters. The van der Waals surface area contributed by atoms with Crippen molar-refractivity contribution in [3.63, 3.8) is 0 Å². The molecule has 0 saturated carbocycles. The Morgan fingerprint density at radius 3 is 2.52 bits per heavy atom. The summed E-state index contributed by atoms with van der Waals surface area (Å²) in [7, 11) is 1.64. The Bertz CT molecular complexity index is 751. The van der Waals surface area contributed by atoms with Crippen LogP contribution in [0.1, 0.15) is 19.4 Å². The van der Waals surface area contributed by atoms with Gasteiger partial charge < -0.3 is 25.4 Å². The van der Waals surface area contributed by atoms with E-state index in [0.29, 0.717) is 12.5 Å². The molecule has 1 aliphatic rings. The number of guanidine groups is 1. The van der Waals surface area contributed by atoms with Crippen molar-refractivity contribution in [2.24, 2.45) is 10.7 Å². The van der Waals surface area contributed by atoms with Crippen LogP contribution in [-0.4, -0.2) is 43.4 Å².